The van der Waals surface area contributed by atoms with E-state index >= 15 is 0 Å². The highest BCUT2D eigenvalue weighted by atomic mass is 16.5. The average Bonchev–Trinajstić information content (AvgIpc) is 3.14. The van der Waals surface area contributed by atoms with Crippen LogP contribution >= 0.6 is 0 Å². The SMILES string of the molecule is CN=C(NCCCOCC1CCCO1)NCCOc1ccc(C)cc1. The third kappa shape index (κ3) is 8.23. The van der Waals surface area contributed by atoms with Crippen molar-refractivity contribution < 1.29 is 14.2 Å². The molecule has 1 fully saturated rings. The number of nitrogens with one attached hydrogen (secondary N) is 2. The fourth-order valence-electron chi connectivity index (χ4n) is 2.57. The molecule has 2 N–H and O–H groups in total. The first-order valence-electron chi connectivity index (χ1n) is 9.11. The molecule has 1 saturated heterocycles. The number of nitrogens with zero attached hydrogens (tertiary/aromatic N) is 1. The third-order valence-electron chi connectivity index (χ3n) is 3.99. The van der Waals surface area contributed by atoms with E-state index in [1.807, 2.05) is 24.3 Å². The molecule has 6 nitrogen and oxygen atoms in total. The predicted molar refractivity (Wildman–Crippen MR) is 100 cm³/mol. The second-order valence-corrected chi connectivity index (χ2v) is 6.15. The van der Waals surface area contributed by atoms with Crippen molar-refractivity contribution in [3.05, 3.63) is 29.8 Å². The lowest BCUT2D eigenvalue weighted by molar-refractivity contribution is 0.0168. The van der Waals surface area contributed by atoms with Crippen LogP contribution in [0, 0.1) is 6.92 Å². The number of guanidine groups is 1. The first kappa shape index (κ1) is 19.5. The van der Waals surface area contributed by atoms with E-state index < -0.39 is 0 Å². The molecule has 1 aromatic carbocycles. The van der Waals surface area contributed by atoms with E-state index in [0.29, 0.717) is 25.9 Å². The van der Waals surface area contributed by atoms with Crippen LogP contribution in [-0.4, -0.2) is 58.6 Å². The van der Waals surface area contributed by atoms with Crippen molar-refractivity contribution in [2.45, 2.75) is 32.3 Å². The Bertz CT molecular complexity index is 499. The van der Waals surface area contributed by atoms with Gasteiger partial charge in [0, 0.05) is 26.8 Å². The molecular weight excluding hydrogens is 318 g/mol. The number of benzene rings is 1. The number of aliphatic imine (C=N–C) groups is 1. The van der Waals surface area contributed by atoms with Crippen molar-refractivity contribution in [2.24, 2.45) is 4.99 Å². The molecule has 1 aromatic rings. The molecule has 2 rings (SSSR count). The minimum atomic E-state index is 0.302. The minimum Gasteiger partial charge on any atom is -0.492 e. The second kappa shape index (κ2) is 11.7. The lowest BCUT2D eigenvalue weighted by Crippen LogP contribution is -2.39. The minimum absolute atomic E-state index is 0.302. The van der Waals surface area contributed by atoms with Crippen molar-refractivity contribution in [3.63, 3.8) is 0 Å². The monoisotopic (exact) mass is 349 g/mol. The fourth-order valence-corrected chi connectivity index (χ4v) is 2.57. The van der Waals surface area contributed by atoms with Crippen molar-refractivity contribution >= 4 is 5.96 Å². The highest BCUT2D eigenvalue weighted by Crippen LogP contribution is 2.12. The summed E-state index contributed by atoms with van der Waals surface area (Å²) in [7, 11) is 1.77. The van der Waals surface area contributed by atoms with Crippen molar-refractivity contribution in [3.8, 4) is 5.75 Å². The largest absolute Gasteiger partial charge is 0.492 e. The maximum Gasteiger partial charge on any atom is 0.191 e. The van der Waals surface area contributed by atoms with Gasteiger partial charge in [-0.1, -0.05) is 17.7 Å². The lowest BCUT2D eigenvalue weighted by atomic mass is 10.2. The Labute approximate surface area is 151 Å². The first-order valence-corrected chi connectivity index (χ1v) is 9.11. The summed E-state index contributed by atoms with van der Waals surface area (Å²) in [5.41, 5.74) is 1.23. The van der Waals surface area contributed by atoms with Gasteiger partial charge >= 0.3 is 0 Å². The van der Waals surface area contributed by atoms with Gasteiger partial charge in [0.15, 0.2) is 5.96 Å². The summed E-state index contributed by atoms with van der Waals surface area (Å²) in [6.45, 7) is 6.50. The molecule has 25 heavy (non-hydrogen) atoms. The van der Waals surface area contributed by atoms with E-state index in [2.05, 4.69) is 22.5 Å². The Hall–Kier alpha value is -1.79. The Kier molecular flexibility index (Phi) is 9.15. The van der Waals surface area contributed by atoms with Crippen LogP contribution in [-0.2, 0) is 9.47 Å². The normalized spacial score (nSPS) is 17.5. The van der Waals surface area contributed by atoms with Crippen LogP contribution in [0.4, 0.5) is 0 Å². The van der Waals surface area contributed by atoms with Crippen LogP contribution in [0.2, 0.25) is 0 Å². The van der Waals surface area contributed by atoms with Crippen molar-refractivity contribution in [2.75, 3.05) is 46.6 Å². The molecule has 0 aliphatic carbocycles. The molecule has 1 unspecified atom stereocenters. The van der Waals surface area contributed by atoms with Crippen LogP contribution < -0.4 is 15.4 Å². The molecule has 1 aliphatic heterocycles. The smallest absolute Gasteiger partial charge is 0.191 e. The number of aryl methyl sites for hydroxylation is 1. The summed E-state index contributed by atoms with van der Waals surface area (Å²) in [5.74, 6) is 1.67. The van der Waals surface area contributed by atoms with E-state index in [1.165, 1.54) is 5.56 Å². The van der Waals surface area contributed by atoms with E-state index in [4.69, 9.17) is 14.2 Å². The van der Waals surface area contributed by atoms with Crippen LogP contribution in [0.1, 0.15) is 24.8 Å². The van der Waals surface area contributed by atoms with Gasteiger partial charge in [0.2, 0.25) is 0 Å². The Morgan fingerprint density at radius 3 is 2.72 bits per heavy atom. The molecule has 6 heteroatoms. The molecule has 0 saturated carbocycles. The summed E-state index contributed by atoms with van der Waals surface area (Å²) in [6, 6.07) is 8.06. The zero-order chi connectivity index (χ0) is 17.7. The highest BCUT2D eigenvalue weighted by molar-refractivity contribution is 5.79. The van der Waals surface area contributed by atoms with Gasteiger partial charge in [0.25, 0.3) is 0 Å². The fraction of sp³-hybridized carbons (Fsp3) is 0.632. The number of rotatable bonds is 10. The van der Waals surface area contributed by atoms with Gasteiger partial charge in [0.05, 0.1) is 19.3 Å². The maximum absolute atomic E-state index is 5.69. The van der Waals surface area contributed by atoms with E-state index in [1.54, 1.807) is 7.05 Å². The summed E-state index contributed by atoms with van der Waals surface area (Å²) >= 11 is 0. The molecule has 140 valence electrons. The van der Waals surface area contributed by atoms with E-state index in [-0.39, 0.29) is 0 Å². The molecular formula is C19H31N3O3. The molecule has 1 heterocycles. The van der Waals surface area contributed by atoms with Crippen LogP contribution in [0.15, 0.2) is 29.3 Å². The summed E-state index contributed by atoms with van der Waals surface area (Å²) in [5, 5.41) is 6.52. The molecule has 1 aliphatic rings. The van der Waals surface area contributed by atoms with Crippen molar-refractivity contribution in [1.82, 2.24) is 10.6 Å². The summed E-state index contributed by atoms with van der Waals surface area (Å²) in [6.07, 6.45) is 3.52. The van der Waals surface area contributed by atoms with Gasteiger partial charge in [-0.05, 0) is 38.3 Å². The van der Waals surface area contributed by atoms with Crippen molar-refractivity contribution in [1.29, 1.82) is 0 Å². The average molecular weight is 349 g/mol. The molecule has 0 radical (unpaired) electrons. The van der Waals surface area contributed by atoms with Gasteiger partial charge in [-0.25, -0.2) is 0 Å². The summed E-state index contributed by atoms with van der Waals surface area (Å²) in [4.78, 5) is 4.20. The van der Waals surface area contributed by atoms with Gasteiger partial charge in [-0.3, -0.25) is 4.99 Å². The lowest BCUT2D eigenvalue weighted by Gasteiger charge is -2.13. The predicted octanol–water partition coefficient (Wildman–Crippen LogP) is 2.12. The van der Waals surface area contributed by atoms with Gasteiger partial charge < -0.3 is 24.8 Å². The standard InChI is InChI=1S/C19H31N3O3/c1-16-6-8-17(9-7-16)25-14-11-22-19(20-2)21-10-4-12-23-15-18-5-3-13-24-18/h6-9,18H,3-5,10-15H2,1-2H3,(H2,20,21,22). The van der Waals surface area contributed by atoms with Gasteiger partial charge in [-0.15, -0.1) is 0 Å². The maximum atomic E-state index is 5.69. The Morgan fingerprint density at radius 2 is 2.00 bits per heavy atom. The van der Waals surface area contributed by atoms with Crippen LogP contribution in [0.3, 0.4) is 0 Å². The van der Waals surface area contributed by atoms with E-state index in [9.17, 15) is 0 Å². The second-order valence-electron chi connectivity index (χ2n) is 6.15. The molecule has 0 amide bonds. The summed E-state index contributed by atoms with van der Waals surface area (Å²) < 4.78 is 16.9. The zero-order valence-electron chi connectivity index (χ0n) is 15.4. The topological polar surface area (TPSA) is 64.1 Å². The molecule has 0 spiro atoms. The molecule has 0 aromatic heterocycles. The quantitative estimate of drug-likeness (QED) is 0.385. The first-order chi connectivity index (χ1) is 12.3. The van der Waals surface area contributed by atoms with E-state index in [0.717, 1.165) is 50.7 Å². The third-order valence-corrected chi connectivity index (χ3v) is 3.99. The van der Waals surface area contributed by atoms with Crippen LogP contribution in [0.5, 0.6) is 5.75 Å². The Morgan fingerprint density at radius 1 is 1.20 bits per heavy atom. The number of hydrogen-bond donors (Lipinski definition) is 2. The van der Waals surface area contributed by atoms with Gasteiger partial charge in [-0.2, -0.15) is 0 Å². The van der Waals surface area contributed by atoms with Crippen LogP contribution in [0.25, 0.3) is 0 Å². The number of ether oxygens (including phenoxy) is 3. The highest BCUT2D eigenvalue weighted by Gasteiger charge is 2.14. The zero-order valence-corrected chi connectivity index (χ0v) is 15.4. The number of hydrogen-bond acceptors (Lipinski definition) is 4. The molecule has 0 bridgehead atoms. The van der Waals surface area contributed by atoms with Gasteiger partial charge in [0.1, 0.15) is 12.4 Å². The molecule has 1 atom stereocenters. The Balaban J connectivity index is 1.46.